The standard InChI is InChI=1S/C16H9F3O2/c17-11-4-5-13(18)9(7-11)6-10-8-21-16-12(15(10)20)2-1-3-14(16)19/h1-7H,8H2. The van der Waals surface area contributed by atoms with Gasteiger partial charge in [0.15, 0.2) is 17.3 Å². The molecule has 2 nitrogen and oxygen atoms in total. The Morgan fingerprint density at radius 1 is 1.05 bits per heavy atom. The Hall–Kier alpha value is -2.56. The van der Waals surface area contributed by atoms with Crippen LogP contribution in [0.5, 0.6) is 5.75 Å². The summed E-state index contributed by atoms with van der Waals surface area (Å²) in [7, 11) is 0. The Bertz CT molecular complexity index is 766. The van der Waals surface area contributed by atoms with E-state index in [9.17, 15) is 18.0 Å². The molecule has 0 N–H and O–H groups in total. The van der Waals surface area contributed by atoms with Gasteiger partial charge in [-0.3, -0.25) is 4.79 Å². The molecule has 0 amide bonds. The monoisotopic (exact) mass is 290 g/mol. The second-order valence-corrected chi connectivity index (χ2v) is 4.57. The smallest absolute Gasteiger partial charge is 0.196 e. The molecule has 21 heavy (non-hydrogen) atoms. The number of ether oxygens (including phenoxy) is 1. The maximum absolute atomic E-state index is 13.6. The van der Waals surface area contributed by atoms with Gasteiger partial charge in [-0.2, -0.15) is 0 Å². The first-order valence-corrected chi connectivity index (χ1v) is 6.18. The summed E-state index contributed by atoms with van der Waals surface area (Å²) in [6.07, 6.45) is 1.22. The van der Waals surface area contributed by atoms with E-state index in [2.05, 4.69) is 0 Å². The van der Waals surface area contributed by atoms with E-state index in [0.29, 0.717) is 0 Å². The molecular formula is C16H9F3O2. The van der Waals surface area contributed by atoms with Crippen molar-refractivity contribution in [1.29, 1.82) is 0 Å². The van der Waals surface area contributed by atoms with Crippen LogP contribution in [0.25, 0.3) is 6.08 Å². The van der Waals surface area contributed by atoms with E-state index in [-0.39, 0.29) is 29.1 Å². The Morgan fingerprint density at radius 2 is 1.86 bits per heavy atom. The topological polar surface area (TPSA) is 26.3 Å². The SMILES string of the molecule is O=C1C(=Cc2cc(F)ccc2F)COc2c(F)cccc21. The van der Waals surface area contributed by atoms with Crippen molar-refractivity contribution < 1.29 is 22.7 Å². The molecule has 5 heteroatoms. The van der Waals surface area contributed by atoms with Crippen LogP contribution in [0.4, 0.5) is 13.2 Å². The Balaban J connectivity index is 2.04. The number of hydrogen-bond acceptors (Lipinski definition) is 2. The van der Waals surface area contributed by atoms with E-state index in [1.54, 1.807) is 0 Å². The van der Waals surface area contributed by atoms with E-state index in [1.165, 1.54) is 24.3 Å². The van der Waals surface area contributed by atoms with Crippen LogP contribution in [0.2, 0.25) is 0 Å². The third kappa shape index (κ3) is 2.42. The first-order chi connectivity index (χ1) is 10.1. The highest BCUT2D eigenvalue weighted by molar-refractivity contribution is 6.14. The van der Waals surface area contributed by atoms with Gasteiger partial charge in [-0.05, 0) is 36.4 Å². The molecule has 0 unspecified atom stereocenters. The van der Waals surface area contributed by atoms with Gasteiger partial charge < -0.3 is 4.74 Å². The van der Waals surface area contributed by atoms with Crippen LogP contribution in [-0.2, 0) is 0 Å². The maximum atomic E-state index is 13.6. The van der Waals surface area contributed by atoms with Crippen LogP contribution < -0.4 is 4.74 Å². The van der Waals surface area contributed by atoms with E-state index in [1.807, 2.05) is 0 Å². The molecule has 2 aromatic rings. The average Bonchev–Trinajstić information content (AvgIpc) is 2.46. The quantitative estimate of drug-likeness (QED) is 0.747. The number of carbonyl (C=O) groups excluding carboxylic acids is 1. The molecule has 0 aromatic heterocycles. The van der Waals surface area contributed by atoms with Crippen molar-refractivity contribution in [3.05, 3.63) is 70.5 Å². The van der Waals surface area contributed by atoms with Crippen LogP contribution in [-0.4, -0.2) is 12.4 Å². The molecule has 0 atom stereocenters. The van der Waals surface area contributed by atoms with Gasteiger partial charge in [0.25, 0.3) is 0 Å². The second-order valence-electron chi connectivity index (χ2n) is 4.57. The van der Waals surface area contributed by atoms with E-state index in [0.717, 1.165) is 18.2 Å². The van der Waals surface area contributed by atoms with Gasteiger partial charge in [-0.25, -0.2) is 13.2 Å². The van der Waals surface area contributed by atoms with E-state index < -0.39 is 23.2 Å². The number of para-hydroxylation sites is 1. The predicted octanol–water partition coefficient (Wildman–Crippen LogP) is 3.76. The molecule has 0 radical (unpaired) electrons. The van der Waals surface area contributed by atoms with E-state index in [4.69, 9.17) is 4.74 Å². The lowest BCUT2D eigenvalue weighted by Crippen LogP contribution is -2.20. The van der Waals surface area contributed by atoms with Gasteiger partial charge in [0, 0.05) is 11.1 Å². The van der Waals surface area contributed by atoms with Crippen molar-refractivity contribution >= 4 is 11.9 Å². The summed E-state index contributed by atoms with van der Waals surface area (Å²) in [6, 6.07) is 6.95. The van der Waals surface area contributed by atoms with Crippen LogP contribution in [0, 0.1) is 17.5 Å². The van der Waals surface area contributed by atoms with Crippen molar-refractivity contribution in [2.45, 2.75) is 0 Å². The molecule has 0 bridgehead atoms. The van der Waals surface area contributed by atoms with Crippen molar-refractivity contribution in [2.24, 2.45) is 0 Å². The summed E-state index contributed by atoms with van der Waals surface area (Å²) in [4.78, 5) is 12.2. The molecule has 0 spiro atoms. The van der Waals surface area contributed by atoms with Crippen molar-refractivity contribution in [3.63, 3.8) is 0 Å². The number of hydrogen-bond donors (Lipinski definition) is 0. The number of ketones is 1. The number of benzene rings is 2. The second kappa shape index (κ2) is 5.09. The van der Waals surface area contributed by atoms with Gasteiger partial charge in [-0.15, -0.1) is 0 Å². The molecule has 0 saturated carbocycles. The molecular weight excluding hydrogens is 281 g/mol. The molecule has 0 aliphatic carbocycles. The number of Topliss-reactive ketones (excluding diaryl/α,β-unsaturated/α-hetero) is 1. The third-order valence-electron chi connectivity index (χ3n) is 3.16. The Kier molecular flexibility index (Phi) is 3.25. The summed E-state index contributed by atoms with van der Waals surface area (Å²) in [5, 5.41) is 0. The lowest BCUT2D eigenvalue weighted by molar-refractivity contribution is 0.0998. The third-order valence-corrected chi connectivity index (χ3v) is 3.16. The lowest BCUT2D eigenvalue weighted by atomic mass is 9.98. The molecule has 0 fully saturated rings. The van der Waals surface area contributed by atoms with Crippen LogP contribution >= 0.6 is 0 Å². The number of fused-ring (bicyclic) bond motifs is 1. The summed E-state index contributed by atoms with van der Waals surface area (Å²) >= 11 is 0. The Morgan fingerprint density at radius 3 is 2.67 bits per heavy atom. The fourth-order valence-electron chi connectivity index (χ4n) is 2.14. The molecule has 2 aromatic carbocycles. The normalized spacial score (nSPS) is 15.8. The highest BCUT2D eigenvalue weighted by atomic mass is 19.1. The largest absolute Gasteiger partial charge is 0.485 e. The number of rotatable bonds is 1. The van der Waals surface area contributed by atoms with Crippen LogP contribution in [0.1, 0.15) is 15.9 Å². The van der Waals surface area contributed by atoms with Crippen LogP contribution in [0.15, 0.2) is 42.0 Å². The molecule has 1 aliphatic rings. The highest BCUT2D eigenvalue weighted by Crippen LogP contribution is 2.30. The van der Waals surface area contributed by atoms with Gasteiger partial charge in [0.2, 0.25) is 0 Å². The first-order valence-electron chi connectivity index (χ1n) is 6.18. The Labute approximate surface area is 118 Å². The maximum Gasteiger partial charge on any atom is 0.196 e. The zero-order valence-corrected chi connectivity index (χ0v) is 10.7. The first kappa shape index (κ1) is 13.4. The summed E-state index contributed by atoms with van der Waals surface area (Å²) < 4.78 is 45.4. The van der Waals surface area contributed by atoms with Crippen LogP contribution in [0.3, 0.4) is 0 Å². The van der Waals surface area contributed by atoms with Crippen molar-refractivity contribution in [2.75, 3.05) is 6.61 Å². The molecule has 1 heterocycles. The lowest BCUT2D eigenvalue weighted by Gasteiger charge is -2.19. The molecule has 106 valence electrons. The summed E-state index contributed by atoms with van der Waals surface area (Å²) in [5.74, 6) is -2.46. The molecule has 1 aliphatic heterocycles. The van der Waals surface area contributed by atoms with Gasteiger partial charge in [-0.1, -0.05) is 6.07 Å². The highest BCUT2D eigenvalue weighted by Gasteiger charge is 2.25. The minimum atomic E-state index is -0.651. The zero-order valence-electron chi connectivity index (χ0n) is 10.7. The number of halogens is 3. The molecule has 3 rings (SSSR count). The van der Waals surface area contributed by atoms with E-state index >= 15 is 0 Å². The fraction of sp³-hybridized carbons (Fsp3) is 0.0625. The van der Waals surface area contributed by atoms with Crippen molar-refractivity contribution in [3.8, 4) is 5.75 Å². The van der Waals surface area contributed by atoms with Gasteiger partial charge in [0.05, 0.1) is 5.56 Å². The summed E-state index contributed by atoms with van der Waals surface area (Å²) in [6.45, 7) is -0.192. The summed E-state index contributed by atoms with van der Waals surface area (Å²) in [5.41, 5.74) is 0.156. The molecule has 0 saturated heterocycles. The number of carbonyl (C=O) groups is 1. The zero-order chi connectivity index (χ0) is 15.0. The van der Waals surface area contributed by atoms with Gasteiger partial charge >= 0.3 is 0 Å². The van der Waals surface area contributed by atoms with Gasteiger partial charge in [0.1, 0.15) is 18.2 Å². The van der Waals surface area contributed by atoms with Crippen molar-refractivity contribution in [1.82, 2.24) is 0 Å². The fourth-order valence-corrected chi connectivity index (χ4v) is 2.14. The minimum Gasteiger partial charge on any atom is -0.485 e. The minimum absolute atomic E-state index is 0.0539. The average molecular weight is 290 g/mol. The predicted molar refractivity (Wildman–Crippen MR) is 70.6 cm³/mol.